The first-order chi connectivity index (χ1) is 7.61. The standard InChI is InChI=1S/C13H26N2O/c1-13(2)10-15(8-7-14-13)11-5-4-6-12(9-11)16-3/h11-12,14H,4-10H2,1-3H3. The summed E-state index contributed by atoms with van der Waals surface area (Å²) in [5.74, 6) is 0. The molecule has 0 aromatic heterocycles. The number of hydrogen-bond acceptors (Lipinski definition) is 3. The number of ether oxygens (including phenoxy) is 1. The van der Waals surface area contributed by atoms with Gasteiger partial charge in [-0.05, 0) is 39.5 Å². The highest BCUT2D eigenvalue weighted by atomic mass is 16.5. The van der Waals surface area contributed by atoms with Gasteiger partial charge in [0.1, 0.15) is 0 Å². The summed E-state index contributed by atoms with van der Waals surface area (Å²) < 4.78 is 5.52. The Morgan fingerprint density at radius 3 is 2.81 bits per heavy atom. The van der Waals surface area contributed by atoms with Gasteiger partial charge < -0.3 is 10.1 Å². The zero-order valence-corrected chi connectivity index (χ0v) is 11.0. The summed E-state index contributed by atoms with van der Waals surface area (Å²) in [5.41, 5.74) is 0.276. The Bertz CT molecular complexity index is 230. The third-order valence-corrected chi connectivity index (χ3v) is 4.05. The molecule has 0 aromatic rings. The van der Waals surface area contributed by atoms with Gasteiger partial charge in [-0.15, -0.1) is 0 Å². The van der Waals surface area contributed by atoms with E-state index in [1.54, 1.807) is 0 Å². The van der Waals surface area contributed by atoms with Crippen molar-refractivity contribution in [3.8, 4) is 0 Å². The lowest BCUT2D eigenvalue weighted by molar-refractivity contribution is 0.0125. The van der Waals surface area contributed by atoms with E-state index in [0.29, 0.717) is 6.10 Å². The third-order valence-electron chi connectivity index (χ3n) is 4.05. The number of methoxy groups -OCH3 is 1. The Balaban J connectivity index is 1.91. The van der Waals surface area contributed by atoms with Gasteiger partial charge in [0.15, 0.2) is 0 Å². The van der Waals surface area contributed by atoms with Crippen LogP contribution in [0.2, 0.25) is 0 Å². The summed E-state index contributed by atoms with van der Waals surface area (Å²) in [6.45, 7) is 8.10. The highest BCUT2D eigenvalue weighted by Gasteiger charge is 2.32. The fourth-order valence-electron chi connectivity index (χ4n) is 3.16. The van der Waals surface area contributed by atoms with E-state index in [1.165, 1.54) is 38.8 Å². The highest BCUT2D eigenvalue weighted by molar-refractivity contribution is 4.91. The van der Waals surface area contributed by atoms with E-state index < -0.39 is 0 Å². The summed E-state index contributed by atoms with van der Waals surface area (Å²) >= 11 is 0. The maximum Gasteiger partial charge on any atom is 0.0586 e. The van der Waals surface area contributed by atoms with Crippen molar-refractivity contribution in [2.75, 3.05) is 26.7 Å². The zero-order valence-electron chi connectivity index (χ0n) is 11.0. The maximum absolute atomic E-state index is 5.52. The number of rotatable bonds is 2. The first-order valence-electron chi connectivity index (χ1n) is 6.62. The van der Waals surface area contributed by atoms with Crippen LogP contribution in [0.3, 0.4) is 0 Å². The number of piperazine rings is 1. The first kappa shape index (κ1) is 12.3. The Morgan fingerprint density at radius 1 is 1.31 bits per heavy atom. The molecule has 1 aliphatic carbocycles. The second-order valence-corrected chi connectivity index (χ2v) is 5.96. The van der Waals surface area contributed by atoms with Crippen LogP contribution in [0.5, 0.6) is 0 Å². The number of nitrogens with one attached hydrogen (secondary N) is 1. The summed E-state index contributed by atoms with van der Waals surface area (Å²) in [7, 11) is 1.86. The van der Waals surface area contributed by atoms with Crippen LogP contribution in [0.15, 0.2) is 0 Å². The predicted molar refractivity (Wildman–Crippen MR) is 66.7 cm³/mol. The predicted octanol–water partition coefficient (Wildman–Crippen LogP) is 1.63. The van der Waals surface area contributed by atoms with Crippen LogP contribution in [0.1, 0.15) is 39.5 Å². The van der Waals surface area contributed by atoms with E-state index in [0.717, 1.165) is 12.6 Å². The van der Waals surface area contributed by atoms with Crippen molar-refractivity contribution in [2.45, 2.75) is 57.2 Å². The van der Waals surface area contributed by atoms with E-state index in [1.807, 2.05) is 7.11 Å². The Hall–Kier alpha value is -0.120. The molecule has 2 aliphatic rings. The monoisotopic (exact) mass is 226 g/mol. The van der Waals surface area contributed by atoms with Crippen molar-refractivity contribution in [3.63, 3.8) is 0 Å². The van der Waals surface area contributed by atoms with E-state index >= 15 is 0 Å². The van der Waals surface area contributed by atoms with Gasteiger partial charge in [0.2, 0.25) is 0 Å². The first-order valence-corrected chi connectivity index (χ1v) is 6.62. The van der Waals surface area contributed by atoms with E-state index in [-0.39, 0.29) is 5.54 Å². The second kappa shape index (κ2) is 5.03. The molecule has 0 bridgehead atoms. The van der Waals surface area contributed by atoms with E-state index in [9.17, 15) is 0 Å². The zero-order chi connectivity index (χ0) is 11.6. The van der Waals surface area contributed by atoms with E-state index in [4.69, 9.17) is 4.74 Å². The van der Waals surface area contributed by atoms with Crippen LogP contribution < -0.4 is 5.32 Å². The molecule has 16 heavy (non-hydrogen) atoms. The molecule has 1 saturated carbocycles. The van der Waals surface area contributed by atoms with Gasteiger partial charge in [0.25, 0.3) is 0 Å². The molecule has 1 saturated heterocycles. The molecule has 1 heterocycles. The molecule has 0 amide bonds. The van der Waals surface area contributed by atoms with Crippen LogP contribution in [-0.2, 0) is 4.74 Å². The van der Waals surface area contributed by atoms with Crippen LogP contribution in [0.25, 0.3) is 0 Å². The molecule has 3 heteroatoms. The van der Waals surface area contributed by atoms with Crippen LogP contribution in [0.4, 0.5) is 0 Å². The highest BCUT2D eigenvalue weighted by Crippen LogP contribution is 2.26. The lowest BCUT2D eigenvalue weighted by Gasteiger charge is -2.45. The Kier molecular flexibility index (Phi) is 3.88. The Morgan fingerprint density at radius 2 is 2.12 bits per heavy atom. The molecule has 1 N–H and O–H groups in total. The van der Waals surface area contributed by atoms with Crippen LogP contribution >= 0.6 is 0 Å². The summed E-state index contributed by atoms with van der Waals surface area (Å²) in [6, 6.07) is 0.750. The van der Waals surface area contributed by atoms with Gasteiger partial charge in [0.05, 0.1) is 6.10 Å². The minimum Gasteiger partial charge on any atom is -0.381 e. The number of nitrogens with zero attached hydrogens (tertiary/aromatic N) is 1. The van der Waals surface area contributed by atoms with Gasteiger partial charge in [-0.25, -0.2) is 0 Å². The molecule has 2 rings (SSSR count). The number of hydrogen-bond donors (Lipinski definition) is 1. The molecule has 3 nitrogen and oxygen atoms in total. The molecule has 2 fully saturated rings. The molecule has 0 radical (unpaired) electrons. The van der Waals surface area contributed by atoms with Crippen molar-refractivity contribution in [3.05, 3.63) is 0 Å². The molecule has 0 spiro atoms. The Labute approximate surface area is 99.5 Å². The summed E-state index contributed by atoms with van der Waals surface area (Å²) in [6.07, 6.45) is 5.66. The third kappa shape index (κ3) is 2.96. The van der Waals surface area contributed by atoms with Gasteiger partial charge in [-0.3, -0.25) is 4.90 Å². The van der Waals surface area contributed by atoms with Crippen molar-refractivity contribution in [1.29, 1.82) is 0 Å². The molecule has 1 aliphatic heterocycles. The summed E-state index contributed by atoms with van der Waals surface area (Å²) in [5, 5.41) is 3.58. The lowest BCUT2D eigenvalue weighted by atomic mass is 9.89. The molecule has 2 unspecified atom stereocenters. The second-order valence-electron chi connectivity index (χ2n) is 5.96. The minimum absolute atomic E-state index is 0.276. The SMILES string of the molecule is COC1CCCC(N2CCNC(C)(C)C2)C1. The van der Waals surface area contributed by atoms with Gasteiger partial charge in [-0.2, -0.15) is 0 Å². The molecule has 0 aromatic carbocycles. The fourth-order valence-corrected chi connectivity index (χ4v) is 3.16. The van der Waals surface area contributed by atoms with Gasteiger partial charge in [0, 0.05) is 38.3 Å². The molecular weight excluding hydrogens is 200 g/mol. The van der Waals surface area contributed by atoms with Crippen LogP contribution in [-0.4, -0.2) is 49.3 Å². The largest absolute Gasteiger partial charge is 0.381 e. The van der Waals surface area contributed by atoms with Crippen LogP contribution in [0, 0.1) is 0 Å². The maximum atomic E-state index is 5.52. The molecule has 2 atom stereocenters. The summed E-state index contributed by atoms with van der Waals surface area (Å²) in [4.78, 5) is 2.67. The minimum atomic E-state index is 0.276. The van der Waals surface area contributed by atoms with Gasteiger partial charge >= 0.3 is 0 Å². The quantitative estimate of drug-likeness (QED) is 0.774. The molecule has 94 valence electrons. The van der Waals surface area contributed by atoms with Gasteiger partial charge in [-0.1, -0.05) is 0 Å². The average molecular weight is 226 g/mol. The van der Waals surface area contributed by atoms with Crippen molar-refractivity contribution in [2.24, 2.45) is 0 Å². The van der Waals surface area contributed by atoms with Crippen molar-refractivity contribution < 1.29 is 4.74 Å². The smallest absolute Gasteiger partial charge is 0.0586 e. The van der Waals surface area contributed by atoms with Crippen molar-refractivity contribution >= 4 is 0 Å². The normalized spacial score (nSPS) is 36.2. The lowest BCUT2D eigenvalue weighted by Crippen LogP contribution is -2.60. The average Bonchev–Trinajstić information content (AvgIpc) is 2.28. The van der Waals surface area contributed by atoms with E-state index in [2.05, 4.69) is 24.1 Å². The fraction of sp³-hybridized carbons (Fsp3) is 1.00. The molecular formula is C13H26N2O. The van der Waals surface area contributed by atoms with Crippen molar-refractivity contribution in [1.82, 2.24) is 10.2 Å². The topological polar surface area (TPSA) is 24.5 Å².